The number of rotatable bonds is 6. The van der Waals surface area contributed by atoms with Crippen LogP contribution in [0.5, 0.6) is 11.5 Å². The Morgan fingerprint density at radius 3 is 2.52 bits per heavy atom. The molecular weight excluding hydrogens is 382 g/mol. The Morgan fingerprint density at radius 2 is 1.79 bits per heavy atom. The average molecular weight is 406 g/mol. The third kappa shape index (κ3) is 3.89. The maximum Gasteiger partial charge on any atom is 0.143 e. The Morgan fingerprint density at radius 1 is 1.00 bits per heavy atom. The quantitative estimate of drug-likeness (QED) is 0.418. The lowest BCUT2D eigenvalue weighted by Crippen LogP contribution is -1.99. The van der Waals surface area contributed by atoms with E-state index in [1.165, 1.54) is 4.88 Å². The number of benzene rings is 2. The van der Waals surface area contributed by atoms with Crippen molar-refractivity contribution < 1.29 is 9.47 Å². The summed E-state index contributed by atoms with van der Waals surface area (Å²) in [6.07, 6.45) is 0. The van der Waals surface area contributed by atoms with E-state index in [4.69, 9.17) is 14.5 Å². The van der Waals surface area contributed by atoms with Crippen molar-refractivity contribution in [3.05, 3.63) is 59.2 Å². The Bertz CT molecular complexity index is 1150. The number of hydrogen-bond acceptors (Lipinski definition) is 6. The zero-order valence-corrected chi connectivity index (χ0v) is 17.8. The van der Waals surface area contributed by atoms with Crippen LogP contribution in [0.4, 0.5) is 11.5 Å². The number of methoxy groups -OCH3 is 1. The first-order chi connectivity index (χ1) is 14.1. The fourth-order valence-corrected chi connectivity index (χ4v) is 4.47. The predicted octanol–water partition coefficient (Wildman–Crippen LogP) is 6.13. The van der Waals surface area contributed by atoms with Crippen LogP contribution in [0.15, 0.2) is 48.5 Å². The van der Waals surface area contributed by atoms with E-state index in [0.29, 0.717) is 6.61 Å². The molecule has 0 spiro atoms. The van der Waals surface area contributed by atoms with Crippen LogP contribution < -0.4 is 14.8 Å². The van der Waals surface area contributed by atoms with Gasteiger partial charge in [0.15, 0.2) is 0 Å². The zero-order valence-electron chi connectivity index (χ0n) is 16.9. The first kappa shape index (κ1) is 19.2. The van der Waals surface area contributed by atoms with Gasteiger partial charge in [-0.15, -0.1) is 11.3 Å². The van der Waals surface area contributed by atoms with Gasteiger partial charge in [-0.25, -0.2) is 9.97 Å². The van der Waals surface area contributed by atoms with Crippen LogP contribution in [0.3, 0.4) is 0 Å². The molecule has 148 valence electrons. The van der Waals surface area contributed by atoms with Gasteiger partial charge in [-0.05, 0) is 50.6 Å². The van der Waals surface area contributed by atoms with Gasteiger partial charge in [0.1, 0.15) is 28.0 Å². The molecule has 29 heavy (non-hydrogen) atoms. The smallest absolute Gasteiger partial charge is 0.143 e. The molecule has 0 aliphatic heterocycles. The second-order valence-electron chi connectivity index (χ2n) is 6.65. The Hall–Kier alpha value is -3.12. The topological polar surface area (TPSA) is 56.3 Å². The van der Waals surface area contributed by atoms with Crippen molar-refractivity contribution in [1.29, 1.82) is 0 Å². The number of anilines is 2. The van der Waals surface area contributed by atoms with E-state index in [9.17, 15) is 0 Å². The van der Waals surface area contributed by atoms with Gasteiger partial charge in [-0.1, -0.05) is 18.2 Å². The summed E-state index contributed by atoms with van der Waals surface area (Å²) in [5, 5.41) is 4.50. The van der Waals surface area contributed by atoms with Gasteiger partial charge in [0.05, 0.1) is 19.1 Å². The molecule has 2 heterocycles. The van der Waals surface area contributed by atoms with Crippen LogP contribution in [-0.4, -0.2) is 23.7 Å². The lowest BCUT2D eigenvalue weighted by Gasteiger charge is -2.11. The average Bonchev–Trinajstić information content (AvgIpc) is 3.04. The number of ether oxygens (including phenoxy) is 2. The van der Waals surface area contributed by atoms with E-state index < -0.39 is 0 Å². The van der Waals surface area contributed by atoms with E-state index in [-0.39, 0.29) is 0 Å². The number of thiophene rings is 1. The molecule has 0 bridgehead atoms. The monoisotopic (exact) mass is 405 g/mol. The Labute approximate surface area is 174 Å². The number of fused-ring (bicyclic) bond motifs is 1. The summed E-state index contributed by atoms with van der Waals surface area (Å²) in [5.41, 5.74) is 3.20. The van der Waals surface area contributed by atoms with E-state index in [1.807, 2.05) is 50.2 Å². The summed E-state index contributed by atoms with van der Waals surface area (Å²) in [6, 6.07) is 16.0. The van der Waals surface area contributed by atoms with Crippen LogP contribution >= 0.6 is 11.3 Å². The van der Waals surface area contributed by atoms with E-state index in [2.05, 4.69) is 29.4 Å². The Balaban J connectivity index is 1.84. The molecule has 0 aliphatic rings. The minimum atomic E-state index is 0.654. The molecule has 0 saturated carbocycles. The van der Waals surface area contributed by atoms with Gasteiger partial charge in [0.25, 0.3) is 0 Å². The maximum atomic E-state index is 5.59. The summed E-state index contributed by atoms with van der Waals surface area (Å²) in [6.45, 7) is 6.69. The van der Waals surface area contributed by atoms with Crippen molar-refractivity contribution in [3.63, 3.8) is 0 Å². The van der Waals surface area contributed by atoms with Gasteiger partial charge < -0.3 is 14.8 Å². The molecule has 4 rings (SSSR count). The summed E-state index contributed by atoms with van der Waals surface area (Å²) in [5.74, 6) is 3.21. The zero-order chi connectivity index (χ0) is 20.4. The van der Waals surface area contributed by atoms with Crippen LogP contribution in [0.25, 0.3) is 21.3 Å². The normalized spacial score (nSPS) is 10.9. The van der Waals surface area contributed by atoms with Crippen LogP contribution in [0.2, 0.25) is 0 Å². The fraction of sp³-hybridized carbons (Fsp3) is 0.217. The molecule has 5 nitrogen and oxygen atoms in total. The highest BCUT2D eigenvalue weighted by atomic mass is 32.1. The van der Waals surface area contributed by atoms with Crippen molar-refractivity contribution in [3.8, 4) is 22.6 Å². The summed E-state index contributed by atoms with van der Waals surface area (Å²) < 4.78 is 10.9. The number of nitrogens with zero attached hydrogens (tertiary/aromatic N) is 2. The molecule has 6 heteroatoms. The molecule has 4 aromatic rings. The lowest BCUT2D eigenvalue weighted by atomic mass is 10.0. The lowest BCUT2D eigenvalue weighted by molar-refractivity contribution is 0.340. The standard InChI is InChI=1S/C23H23N3O2S/c1-5-28-18-11-9-16(10-12-18)20-14(2)29-23-21(20)22(24-15(3)25-23)26-17-7-6-8-19(13-17)27-4/h6-13H,5H2,1-4H3,(H,24,25,26). The van der Waals surface area contributed by atoms with Crippen molar-refractivity contribution in [1.82, 2.24) is 9.97 Å². The third-order valence-electron chi connectivity index (χ3n) is 4.63. The molecule has 1 N–H and O–H groups in total. The van der Waals surface area contributed by atoms with Gasteiger partial charge in [0.2, 0.25) is 0 Å². The van der Waals surface area contributed by atoms with E-state index >= 15 is 0 Å². The summed E-state index contributed by atoms with van der Waals surface area (Å²) >= 11 is 1.69. The molecular formula is C23H23N3O2S. The number of aryl methyl sites for hydroxylation is 2. The highest BCUT2D eigenvalue weighted by molar-refractivity contribution is 7.19. The molecule has 0 fully saturated rings. The van der Waals surface area contributed by atoms with Gasteiger partial charge in [-0.2, -0.15) is 0 Å². The van der Waals surface area contributed by atoms with Crippen molar-refractivity contribution in [2.24, 2.45) is 0 Å². The molecule has 0 unspecified atom stereocenters. The van der Waals surface area contributed by atoms with Crippen LogP contribution in [0, 0.1) is 13.8 Å². The Kier molecular flexibility index (Phi) is 5.36. The fourth-order valence-electron chi connectivity index (χ4n) is 3.38. The van der Waals surface area contributed by atoms with Crippen molar-refractivity contribution in [2.45, 2.75) is 20.8 Å². The van der Waals surface area contributed by atoms with Gasteiger partial charge >= 0.3 is 0 Å². The van der Waals surface area contributed by atoms with E-state index in [1.54, 1.807) is 18.4 Å². The molecule has 0 aliphatic carbocycles. The van der Waals surface area contributed by atoms with Crippen LogP contribution in [0.1, 0.15) is 17.6 Å². The van der Waals surface area contributed by atoms with Crippen LogP contribution in [-0.2, 0) is 0 Å². The molecule has 2 aromatic heterocycles. The van der Waals surface area contributed by atoms with Gasteiger partial charge in [-0.3, -0.25) is 0 Å². The maximum absolute atomic E-state index is 5.59. The number of hydrogen-bond donors (Lipinski definition) is 1. The second-order valence-corrected chi connectivity index (χ2v) is 7.85. The summed E-state index contributed by atoms with van der Waals surface area (Å²) in [4.78, 5) is 11.6. The first-order valence-electron chi connectivity index (χ1n) is 9.51. The molecule has 2 aromatic carbocycles. The molecule has 0 atom stereocenters. The number of aromatic nitrogens is 2. The van der Waals surface area contributed by atoms with Gasteiger partial charge in [0, 0.05) is 22.2 Å². The largest absolute Gasteiger partial charge is 0.497 e. The molecule has 0 saturated heterocycles. The highest BCUT2D eigenvalue weighted by Crippen LogP contribution is 2.41. The predicted molar refractivity (Wildman–Crippen MR) is 120 cm³/mol. The van der Waals surface area contributed by atoms with Crippen molar-refractivity contribution >= 4 is 33.1 Å². The third-order valence-corrected chi connectivity index (χ3v) is 5.62. The van der Waals surface area contributed by atoms with E-state index in [0.717, 1.165) is 50.2 Å². The summed E-state index contributed by atoms with van der Waals surface area (Å²) in [7, 11) is 1.67. The minimum absolute atomic E-state index is 0.654. The number of nitrogens with one attached hydrogen (secondary N) is 1. The second kappa shape index (κ2) is 8.09. The molecule has 0 radical (unpaired) electrons. The highest BCUT2D eigenvalue weighted by Gasteiger charge is 2.18. The minimum Gasteiger partial charge on any atom is -0.497 e. The first-order valence-corrected chi connectivity index (χ1v) is 10.3. The van der Waals surface area contributed by atoms with Crippen molar-refractivity contribution in [2.75, 3.05) is 19.0 Å². The SMILES string of the molecule is CCOc1ccc(-c2c(C)sc3nc(C)nc(Nc4cccc(OC)c4)c23)cc1. The molecule has 0 amide bonds.